The van der Waals surface area contributed by atoms with Crippen molar-refractivity contribution in [3.8, 4) is 0 Å². The first kappa shape index (κ1) is 13.8. The lowest BCUT2D eigenvalue weighted by Crippen LogP contribution is -2.59. The molecule has 104 valence electrons. The van der Waals surface area contributed by atoms with Gasteiger partial charge >= 0.3 is 0 Å². The maximum atomic E-state index is 12.6. The molecule has 2 aliphatic rings. The average Bonchev–Trinajstić information content (AvgIpc) is 3.10. The Kier molecular flexibility index (Phi) is 3.45. The van der Waals surface area contributed by atoms with E-state index in [0.717, 1.165) is 32.2 Å². The third kappa shape index (κ3) is 2.54. The molecule has 1 amide bonds. The van der Waals surface area contributed by atoms with E-state index >= 15 is 0 Å². The van der Waals surface area contributed by atoms with Crippen LogP contribution < -0.4 is 5.73 Å². The van der Waals surface area contributed by atoms with Gasteiger partial charge in [0.15, 0.2) is 0 Å². The minimum absolute atomic E-state index is 0.199. The number of hydrogen-bond acceptors (Lipinski definition) is 3. The first-order chi connectivity index (χ1) is 8.23. The molecule has 1 saturated carbocycles. The Morgan fingerprint density at radius 1 is 1.06 bits per heavy atom. The third-order valence-electron chi connectivity index (χ3n) is 4.81. The molecule has 2 rings (SSSR count). The first-order valence-electron chi connectivity index (χ1n) is 7.06. The van der Waals surface area contributed by atoms with Gasteiger partial charge in [0, 0.05) is 37.8 Å². The molecule has 1 aliphatic carbocycles. The lowest BCUT2D eigenvalue weighted by molar-refractivity contribution is -0.145. The Morgan fingerprint density at radius 2 is 1.56 bits per heavy atom. The highest BCUT2D eigenvalue weighted by Gasteiger charge is 2.43. The number of nitrogens with zero attached hydrogens (tertiary/aromatic N) is 2. The predicted octanol–water partition coefficient (Wildman–Crippen LogP) is 1.06. The van der Waals surface area contributed by atoms with E-state index in [1.165, 1.54) is 12.8 Å². The molecule has 0 aromatic rings. The fourth-order valence-corrected chi connectivity index (χ4v) is 2.40. The van der Waals surface area contributed by atoms with Gasteiger partial charge in [0.05, 0.1) is 5.41 Å². The van der Waals surface area contributed by atoms with E-state index in [1.54, 1.807) is 0 Å². The number of nitrogens with two attached hydrogens (primary N) is 1. The quantitative estimate of drug-likeness (QED) is 0.818. The molecule has 4 nitrogen and oxygen atoms in total. The van der Waals surface area contributed by atoms with Crippen molar-refractivity contribution in [2.45, 2.75) is 52.1 Å². The van der Waals surface area contributed by atoms with Crippen LogP contribution in [0.5, 0.6) is 0 Å². The Bertz CT molecular complexity index is 320. The average molecular weight is 253 g/mol. The molecular formula is C14H27N3O. The molecular weight excluding hydrogens is 226 g/mol. The van der Waals surface area contributed by atoms with Crippen LogP contribution in [0.15, 0.2) is 0 Å². The largest absolute Gasteiger partial charge is 0.340 e. The summed E-state index contributed by atoms with van der Waals surface area (Å²) >= 11 is 0. The third-order valence-corrected chi connectivity index (χ3v) is 4.81. The van der Waals surface area contributed by atoms with Crippen molar-refractivity contribution in [3.05, 3.63) is 0 Å². The van der Waals surface area contributed by atoms with Crippen LogP contribution in [0.4, 0.5) is 0 Å². The highest BCUT2D eigenvalue weighted by molar-refractivity contribution is 5.83. The maximum Gasteiger partial charge on any atom is 0.230 e. The molecule has 0 unspecified atom stereocenters. The Hall–Kier alpha value is -0.610. The SMILES string of the molecule is CC(C)(N)C(C)(C)C(=O)N1CCN(C2CC2)CC1. The van der Waals surface area contributed by atoms with Gasteiger partial charge in [0.25, 0.3) is 0 Å². The molecule has 4 heteroatoms. The fraction of sp³-hybridized carbons (Fsp3) is 0.929. The molecule has 2 fully saturated rings. The van der Waals surface area contributed by atoms with E-state index in [2.05, 4.69) is 4.90 Å². The van der Waals surface area contributed by atoms with Crippen molar-refractivity contribution in [2.75, 3.05) is 26.2 Å². The number of hydrogen-bond donors (Lipinski definition) is 1. The number of piperazine rings is 1. The zero-order chi connectivity index (χ0) is 13.6. The van der Waals surface area contributed by atoms with Crippen LogP contribution in [0.2, 0.25) is 0 Å². The zero-order valence-corrected chi connectivity index (χ0v) is 12.2. The number of carbonyl (C=O) groups is 1. The molecule has 0 spiro atoms. The van der Waals surface area contributed by atoms with E-state index in [4.69, 9.17) is 5.73 Å². The Labute approximate surface area is 110 Å². The van der Waals surface area contributed by atoms with E-state index in [9.17, 15) is 4.79 Å². The summed E-state index contributed by atoms with van der Waals surface area (Å²) in [6.07, 6.45) is 2.69. The van der Waals surface area contributed by atoms with Crippen molar-refractivity contribution in [3.63, 3.8) is 0 Å². The van der Waals surface area contributed by atoms with Gasteiger partial charge in [-0.3, -0.25) is 9.69 Å². The lowest BCUT2D eigenvalue weighted by atomic mass is 9.74. The summed E-state index contributed by atoms with van der Waals surface area (Å²) in [4.78, 5) is 17.1. The van der Waals surface area contributed by atoms with Crippen LogP contribution in [0, 0.1) is 5.41 Å². The highest BCUT2D eigenvalue weighted by Crippen LogP contribution is 2.32. The molecule has 1 saturated heterocycles. The molecule has 0 radical (unpaired) electrons. The van der Waals surface area contributed by atoms with Gasteiger partial charge in [-0.1, -0.05) is 0 Å². The van der Waals surface area contributed by atoms with E-state index < -0.39 is 11.0 Å². The number of amides is 1. The Balaban J connectivity index is 1.94. The number of carbonyl (C=O) groups excluding carboxylic acids is 1. The van der Waals surface area contributed by atoms with Crippen LogP contribution in [0.25, 0.3) is 0 Å². The summed E-state index contributed by atoms with van der Waals surface area (Å²) in [7, 11) is 0. The van der Waals surface area contributed by atoms with Crippen molar-refractivity contribution in [1.29, 1.82) is 0 Å². The van der Waals surface area contributed by atoms with E-state index in [1.807, 2.05) is 32.6 Å². The zero-order valence-electron chi connectivity index (χ0n) is 12.2. The summed E-state index contributed by atoms with van der Waals surface area (Å²) in [5.41, 5.74) is 5.15. The summed E-state index contributed by atoms with van der Waals surface area (Å²) in [6.45, 7) is 11.6. The predicted molar refractivity (Wildman–Crippen MR) is 73.2 cm³/mol. The van der Waals surface area contributed by atoms with Crippen LogP contribution in [0.3, 0.4) is 0 Å². The van der Waals surface area contributed by atoms with Gasteiger partial charge in [-0.25, -0.2) is 0 Å². The summed E-state index contributed by atoms with van der Waals surface area (Å²) in [5, 5.41) is 0. The smallest absolute Gasteiger partial charge is 0.230 e. The minimum Gasteiger partial charge on any atom is -0.340 e. The van der Waals surface area contributed by atoms with Crippen molar-refractivity contribution < 1.29 is 4.79 Å². The van der Waals surface area contributed by atoms with Crippen LogP contribution in [-0.2, 0) is 4.79 Å². The molecule has 2 N–H and O–H groups in total. The van der Waals surface area contributed by atoms with Crippen molar-refractivity contribution in [2.24, 2.45) is 11.1 Å². The van der Waals surface area contributed by atoms with Crippen LogP contribution in [-0.4, -0.2) is 53.5 Å². The summed E-state index contributed by atoms with van der Waals surface area (Å²) < 4.78 is 0. The van der Waals surface area contributed by atoms with Gasteiger partial charge in [-0.2, -0.15) is 0 Å². The van der Waals surface area contributed by atoms with E-state index in [0.29, 0.717) is 0 Å². The topological polar surface area (TPSA) is 49.6 Å². The molecule has 0 aromatic carbocycles. The Morgan fingerprint density at radius 3 is 1.94 bits per heavy atom. The first-order valence-corrected chi connectivity index (χ1v) is 7.06. The van der Waals surface area contributed by atoms with Gasteiger partial charge in [-0.15, -0.1) is 0 Å². The second-order valence-electron chi connectivity index (χ2n) is 6.91. The van der Waals surface area contributed by atoms with Crippen LogP contribution in [0.1, 0.15) is 40.5 Å². The molecule has 0 aromatic heterocycles. The molecule has 1 heterocycles. The molecule has 0 bridgehead atoms. The second-order valence-corrected chi connectivity index (χ2v) is 6.91. The second kappa shape index (κ2) is 4.49. The standard InChI is InChI=1S/C14H27N3O/c1-13(2,14(3,4)15)12(18)17-9-7-16(8-10-17)11-5-6-11/h11H,5-10,15H2,1-4H3. The van der Waals surface area contributed by atoms with Gasteiger partial charge in [0.2, 0.25) is 5.91 Å². The molecule has 0 atom stereocenters. The fourth-order valence-electron chi connectivity index (χ4n) is 2.40. The van der Waals surface area contributed by atoms with E-state index in [-0.39, 0.29) is 5.91 Å². The van der Waals surface area contributed by atoms with Crippen molar-refractivity contribution in [1.82, 2.24) is 9.80 Å². The maximum absolute atomic E-state index is 12.6. The molecule has 1 aliphatic heterocycles. The summed E-state index contributed by atoms with van der Waals surface area (Å²) in [6, 6.07) is 0.807. The number of rotatable bonds is 3. The summed E-state index contributed by atoms with van der Waals surface area (Å²) in [5.74, 6) is 0.199. The van der Waals surface area contributed by atoms with Crippen molar-refractivity contribution >= 4 is 5.91 Å². The monoisotopic (exact) mass is 253 g/mol. The normalized spacial score (nSPS) is 23.3. The minimum atomic E-state index is -0.505. The van der Waals surface area contributed by atoms with Gasteiger partial charge in [-0.05, 0) is 40.5 Å². The molecule has 18 heavy (non-hydrogen) atoms. The van der Waals surface area contributed by atoms with Gasteiger partial charge in [0.1, 0.15) is 0 Å². The van der Waals surface area contributed by atoms with Gasteiger partial charge < -0.3 is 10.6 Å². The highest BCUT2D eigenvalue weighted by atomic mass is 16.2. The lowest BCUT2D eigenvalue weighted by Gasteiger charge is -2.43. The van der Waals surface area contributed by atoms with Crippen LogP contribution >= 0.6 is 0 Å².